The van der Waals surface area contributed by atoms with Crippen LogP contribution in [0.5, 0.6) is 0 Å². The average molecular weight is 396 g/mol. The molecule has 0 aliphatic carbocycles. The van der Waals surface area contributed by atoms with Crippen LogP contribution in [-0.2, 0) is 4.79 Å². The first-order chi connectivity index (χ1) is 10.6. The SMILES string of the molecule is O=C(Nc1c(F)c(F)c(F)c(F)c1F)C(Cl)(C(F)(F)F)C(F)(F)F. The van der Waals surface area contributed by atoms with E-state index in [1.54, 1.807) is 0 Å². The minimum Gasteiger partial charge on any atom is -0.319 e. The van der Waals surface area contributed by atoms with Crippen LogP contribution in [0.25, 0.3) is 0 Å². The number of hydrogen-bond donors (Lipinski definition) is 1. The van der Waals surface area contributed by atoms with Gasteiger partial charge in [-0.15, -0.1) is 0 Å². The van der Waals surface area contributed by atoms with Crippen LogP contribution in [0.15, 0.2) is 0 Å². The number of anilines is 1. The van der Waals surface area contributed by atoms with Crippen molar-refractivity contribution in [2.45, 2.75) is 17.2 Å². The van der Waals surface area contributed by atoms with E-state index in [1.165, 1.54) is 0 Å². The molecule has 0 aromatic heterocycles. The summed E-state index contributed by atoms with van der Waals surface area (Å²) >= 11 is 4.24. The first-order valence-electron chi connectivity index (χ1n) is 5.22. The summed E-state index contributed by atoms with van der Waals surface area (Å²) in [5.74, 6) is -17.2. The highest BCUT2D eigenvalue weighted by Gasteiger charge is 2.75. The van der Waals surface area contributed by atoms with Gasteiger partial charge in [0, 0.05) is 0 Å². The summed E-state index contributed by atoms with van der Waals surface area (Å²) in [6.07, 6.45) is -13.0. The molecule has 0 aliphatic heterocycles. The molecule has 0 aliphatic rings. The van der Waals surface area contributed by atoms with Crippen molar-refractivity contribution >= 4 is 23.2 Å². The van der Waals surface area contributed by atoms with Crippen LogP contribution < -0.4 is 5.32 Å². The Labute approximate surface area is 129 Å². The zero-order valence-corrected chi connectivity index (χ0v) is 11.2. The molecule has 136 valence electrons. The summed E-state index contributed by atoms with van der Waals surface area (Å²) in [6, 6.07) is 0. The third-order valence-electron chi connectivity index (χ3n) is 2.54. The Kier molecular flexibility index (Phi) is 5.01. The van der Waals surface area contributed by atoms with Gasteiger partial charge >= 0.3 is 17.2 Å². The Hall–Kier alpha value is -1.79. The van der Waals surface area contributed by atoms with Crippen LogP contribution in [0.3, 0.4) is 0 Å². The summed E-state index contributed by atoms with van der Waals surface area (Å²) in [7, 11) is 0. The molecule has 0 radical (unpaired) electrons. The molecule has 2 nitrogen and oxygen atoms in total. The van der Waals surface area contributed by atoms with Crippen molar-refractivity contribution in [1.82, 2.24) is 0 Å². The standard InChI is InChI=1S/C10HClF11NO/c11-8(9(17,18)19,10(20,21)22)7(24)23-6-4(15)2(13)1(12)3(14)5(6)16/h(H,23,24). The van der Waals surface area contributed by atoms with Crippen molar-refractivity contribution in [2.75, 3.05) is 5.32 Å². The topological polar surface area (TPSA) is 29.1 Å². The molecule has 0 spiro atoms. The highest BCUT2D eigenvalue weighted by molar-refractivity contribution is 6.38. The molecule has 14 heteroatoms. The van der Waals surface area contributed by atoms with E-state index in [1.807, 2.05) is 0 Å². The van der Waals surface area contributed by atoms with Gasteiger partial charge in [-0.25, -0.2) is 22.0 Å². The van der Waals surface area contributed by atoms with E-state index in [4.69, 9.17) is 0 Å². The van der Waals surface area contributed by atoms with E-state index in [0.717, 1.165) is 0 Å². The summed E-state index contributed by atoms with van der Waals surface area (Å²) in [6.45, 7) is 0. The lowest BCUT2D eigenvalue weighted by atomic mass is 10.1. The van der Waals surface area contributed by atoms with E-state index in [0.29, 0.717) is 5.32 Å². The fraction of sp³-hybridized carbons (Fsp3) is 0.300. The number of amides is 1. The Morgan fingerprint density at radius 2 is 1.00 bits per heavy atom. The monoisotopic (exact) mass is 395 g/mol. The molecule has 0 unspecified atom stereocenters. The number of nitrogens with one attached hydrogen (secondary N) is 1. The predicted octanol–water partition coefficient (Wildman–Crippen LogP) is 4.42. The molecule has 0 fully saturated rings. The van der Waals surface area contributed by atoms with Crippen molar-refractivity contribution in [1.29, 1.82) is 0 Å². The second kappa shape index (κ2) is 5.93. The van der Waals surface area contributed by atoms with Crippen molar-refractivity contribution in [2.24, 2.45) is 0 Å². The zero-order chi connectivity index (χ0) is 19.2. The number of alkyl halides is 7. The number of benzene rings is 1. The van der Waals surface area contributed by atoms with Gasteiger partial charge in [0.25, 0.3) is 5.91 Å². The van der Waals surface area contributed by atoms with E-state index >= 15 is 0 Å². The molecule has 1 amide bonds. The van der Waals surface area contributed by atoms with Crippen molar-refractivity contribution < 1.29 is 53.1 Å². The van der Waals surface area contributed by atoms with Crippen LogP contribution in [0, 0.1) is 29.1 Å². The van der Waals surface area contributed by atoms with Gasteiger partial charge in [0.05, 0.1) is 0 Å². The van der Waals surface area contributed by atoms with Crippen molar-refractivity contribution in [3.63, 3.8) is 0 Å². The quantitative estimate of drug-likeness (QED) is 0.341. The van der Waals surface area contributed by atoms with Crippen molar-refractivity contribution in [3.05, 3.63) is 29.1 Å². The van der Waals surface area contributed by atoms with Gasteiger partial charge in [-0.2, -0.15) is 26.3 Å². The first kappa shape index (κ1) is 20.3. The number of carbonyl (C=O) groups excluding carboxylic acids is 1. The lowest BCUT2D eigenvalue weighted by Crippen LogP contribution is -2.60. The maximum atomic E-state index is 13.2. The smallest absolute Gasteiger partial charge is 0.319 e. The van der Waals surface area contributed by atoms with Crippen molar-refractivity contribution in [3.8, 4) is 0 Å². The van der Waals surface area contributed by atoms with E-state index in [-0.39, 0.29) is 0 Å². The number of halogens is 12. The molecule has 0 saturated carbocycles. The van der Waals surface area contributed by atoms with E-state index in [9.17, 15) is 53.1 Å². The van der Waals surface area contributed by atoms with Crippen LogP contribution >= 0.6 is 11.6 Å². The van der Waals surface area contributed by atoms with Gasteiger partial charge < -0.3 is 5.32 Å². The molecule has 24 heavy (non-hydrogen) atoms. The van der Waals surface area contributed by atoms with E-state index in [2.05, 4.69) is 11.6 Å². The molecule has 1 aromatic rings. The Bertz CT molecular complexity index is 638. The number of rotatable bonds is 2. The highest BCUT2D eigenvalue weighted by Crippen LogP contribution is 2.48. The Balaban J connectivity index is 3.49. The second-order valence-corrected chi connectivity index (χ2v) is 4.62. The molecule has 0 saturated heterocycles. The average Bonchev–Trinajstić information content (AvgIpc) is 2.44. The van der Waals surface area contributed by atoms with Gasteiger partial charge in [-0.1, -0.05) is 11.6 Å². The van der Waals surface area contributed by atoms with Crippen LogP contribution in [-0.4, -0.2) is 23.1 Å². The third-order valence-corrected chi connectivity index (χ3v) is 3.14. The van der Waals surface area contributed by atoms with Gasteiger partial charge in [0.15, 0.2) is 23.3 Å². The molecule has 0 bridgehead atoms. The third kappa shape index (κ3) is 2.96. The minimum atomic E-state index is -6.51. The summed E-state index contributed by atoms with van der Waals surface area (Å²) in [5, 5.41) is 0.334. The van der Waals surface area contributed by atoms with Gasteiger partial charge in [-0.05, 0) is 0 Å². The normalized spacial score (nSPS) is 13.2. The highest BCUT2D eigenvalue weighted by atomic mass is 35.5. The summed E-state index contributed by atoms with van der Waals surface area (Å²) in [4.78, 5) is 5.49. The van der Waals surface area contributed by atoms with Gasteiger partial charge in [0.1, 0.15) is 5.69 Å². The molecule has 0 heterocycles. The summed E-state index contributed by atoms with van der Waals surface area (Å²) in [5.41, 5.74) is -2.42. The maximum Gasteiger partial charge on any atom is 0.425 e. The molecular formula is C10HClF11NO. The molecule has 1 rings (SSSR count). The number of carbonyl (C=O) groups is 1. The predicted molar refractivity (Wildman–Crippen MR) is 55.6 cm³/mol. The largest absolute Gasteiger partial charge is 0.425 e. The fourth-order valence-corrected chi connectivity index (χ4v) is 1.38. The van der Waals surface area contributed by atoms with E-state index < -0.39 is 57.9 Å². The second-order valence-electron chi connectivity index (χ2n) is 4.05. The minimum absolute atomic E-state index is 0.334. The summed E-state index contributed by atoms with van der Waals surface area (Å²) < 4.78 is 140. The van der Waals surface area contributed by atoms with Crippen LogP contribution in [0.4, 0.5) is 54.0 Å². The van der Waals surface area contributed by atoms with Crippen LogP contribution in [0.1, 0.15) is 0 Å². The Morgan fingerprint density at radius 3 is 1.29 bits per heavy atom. The lowest BCUT2D eigenvalue weighted by molar-refractivity contribution is -0.258. The van der Waals surface area contributed by atoms with Gasteiger partial charge in [-0.3, -0.25) is 4.79 Å². The lowest BCUT2D eigenvalue weighted by Gasteiger charge is -2.30. The molecule has 1 aromatic carbocycles. The Morgan fingerprint density at radius 1 is 0.708 bits per heavy atom. The zero-order valence-electron chi connectivity index (χ0n) is 10.4. The maximum absolute atomic E-state index is 13.2. The number of hydrogen-bond acceptors (Lipinski definition) is 1. The molecule has 1 N–H and O–H groups in total. The van der Waals surface area contributed by atoms with Crippen LogP contribution in [0.2, 0.25) is 0 Å². The molecular weight excluding hydrogens is 395 g/mol. The fourth-order valence-electron chi connectivity index (χ4n) is 1.33. The first-order valence-corrected chi connectivity index (χ1v) is 5.60. The molecule has 0 atom stereocenters. The van der Waals surface area contributed by atoms with Gasteiger partial charge in [0.2, 0.25) is 5.82 Å².